The second kappa shape index (κ2) is 14.5. The second-order valence-corrected chi connectivity index (χ2v) is 7.33. The van der Waals surface area contributed by atoms with Crippen molar-refractivity contribution in [3.05, 3.63) is 18.2 Å². The van der Waals surface area contributed by atoms with Gasteiger partial charge in [0.2, 0.25) is 0 Å². The number of rotatable bonds is 16. The van der Waals surface area contributed by atoms with Crippen molar-refractivity contribution >= 4 is 0 Å². The van der Waals surface area contributed by atoms with Gasteiger partial charge in [-0.3, -0.25) is 0 Å². The van der Waals surface area contributed by atoms with Gasteiger partial charge in [0.25, 0.3) is 5.82 Å². The largest absolute Gasteiger partial charge is 0.256 e. The fraction of sp³-hybridized carbons (Fsp3) is 0.864. The van der Waals surface area contributed by atoms with Crippen molar-refractivity contribution in [1.82, 2.24) is 4.57 Å². The van der Waals surface area contributed by atoms with Crippen LogP contribution in [0.15, 0.2) is 12.4 Å². The summed E-state index contributed by atoms with van der Waals surface area (Å²) in [6, 6.07) is 0. The highest BCUT2D eigenvalue weighted by atomic mass is 15.1. The lowest BCUT2D eigenvalue weighted by molar-refractivity contribution is -0.700. The van der Waals surface area contributed by atoms with Gasteiger partial charge in [0.05, 0.1) is 13.1 Å². The molecular formula is C22H43N2+. The van der Waals surface area contributed by atoms with E-state index in [-0.39, 0.29) is 0 Å². The van der Waals surface area contributed by atoms with E-state index in [1.807, 2.05) is 0 Å². The molecular weight excluding hydrogens is 292 g/mol. The van der Waals surface area contributed by atoms with Crippen molar-refractivity contribution in [2.24, 2.45) is 0 Å². The van der Waals surface area contributed by atoms with Crippen molar-refractivity contribution in [2.45, 2.75) is 124 Å². The number of unbranched alkanes of at least 4 members (excludes halogenated alkanes) is 11. The Morgan fingerprint density at radius 3 is 1.83 bits per heavy atom. The Morgan fingerprint density at radius 1 is 0.708 bits per heavy atom. The Bertz CT molecular complexity index is 395. The zero-order valence-electron chi connectivity index (χ0n) is 16.9. The predicted molar refractivity (Wildman–Crippen MR) is 105 cm³/mol. The zero-order chi connectivity index (χ0) is 17.5. The van der Waals surface area contributed by atoms with Crippen LogP contribution in [0.5, 0.6) is 0 Å². The molecule has 0 aliphatic heterocycles. The van der Waals surface area contributed by atoms with E-state index in [4.69, 9.17) is 0 Å². The Balaban J connectivity index is 2.25. The molecule has 1 heterocycles. The minimum atomic E-state index is 1.11. The van der Waals surface area contributed by atoms with E-state index in [0.29, 0.717) is 0 Å². The van der Waals surface area contributed by atoms with Gasteiger partial charge in [-0.05, 0) is 26.2 Å². The summed E-state index contributed by atoms with van der Waals surface area (Å²) in [4.78, 5) is 0. The van der Waals surface area contributed by atoms with Gasteiger partial charge in [-0.15, -0.1) is 0 Å². The molecule has 1 aromatic heterocycles. The summed E-state index contributed by atoms with van der Waals surface area (Å²) in [5.41, 5.74) is 0. The van der Waals surface area contributed by atoms with Gasteiger partial charge in [0, 0.05) is 6.42 Å². The zero-order valence-corrected chi connectivity index (χ0v) is 16.9. The monoisotopic (exact) mass is 335 g/mol. The van der Waals surface area contributed by atoms with Crippen molar-refractivity contribution in [2.75, 3.05) is 0 Å². The maximum atomic E-state index is 2.52. The van der Waals surface area contributed by atoms with Crippen LogP contribution in [0, 0.1) is 0 Å². The van der Waals surface area contributed by atoms with E-state index in [9.17, 15) is 0 Å². The molecule has 0 amide bonds. The molecule has 0 saturated heterocycles. The molecule has 0 radical (unpaired) electrons. The van der Waals surface area contributed by atoms with Crippen LogP contribution in [0.2, 0.25) is 0 Å². The molecule has 1 rings (SSSR count). The third-order valence-corrected chi connectivity index (χ3v) is 5.19. The van der Waals surface area contributed by atoms with E-state index >= 15 is 0 Å². The molecule has 0 bridgehead atoms. The number of hydrogen-bond acceptors (Lipinski definition) is 0. The molecule has 0 saturated carbocycles. The van der Waals surface area contributed by atoms with Crippen molar-refractivity contribution in [1.29, 1.82) is 0 Å². The van der Waals surface area contributed by atoms with E-state index in [0.717, 1.165) is 6.54 Å². The van der Waals surface area contributed by atoms with Crippen LogP contribution in [-0.2, 0) is 19.5 Å². The maximum Gasteiger partial charge on any atom is 0.256 e. The van der Waals surface area contributed by atoms with Crippen LogP contribution in [0.3, 0.4) is 0 Å². The maximum absolute atomic E-state index is 2.52. The van der Waals surface area contributed by atoms with Crippen LogP contribution in [0.1, 0.15) is 110 Å². The van der Waals surface area contributed by atoms with Gasteiger partial charge in [-0.1, -0.05) is 78.1 Å². The third-order valence-electron chi connectivity index (χ3n) is 5.19. The molecule has 0 unspecified atom stereocenters. The predicted octanol–water partition coefficient (Wildman–Crippen LogP) is 6.45. The first kappa shape index (κ1) is 21.3. The molecule has 140 valence electrons. The molecule has 0 aliphatic carbocycles. The van der Waals surface area contributed by atoms with Gasteiger partial charge in [0.15, 0.2) is 0 Å². The second-order valence-electron chi connectivity index (χ2n) is 7.33. The van der Waals surface area contributed by atoms with Gasteiger partial charge >= 0.3 is 0 Å². The Labute approximate surface area is 151 Å². The molecule has 0 atom stereocenters. The lowest BCUT2D eigenvalue weighted by Crippen LogP contribution is -2.36. The normalized spacial score (nSPS) is 11.3. The van der Waals surface area contributed by atoms with Crippen LogP contribution >= 0.6 is 0 Å². The highest BCUT2D eigenvalue weighted by molar-refractivity contribution is 4.84. The van der Waals surface area contributed by atoms with Gasteiger partial charge in [-0.2, -0.15) is 0 Å². The number of aryl methyl sites for hydroxylation is 2. The summed E-state index contributed by atoms with van der Waals surface area (Å²) in [7, 11) is 0. The average Bonchev–Trinajstić information content (AvgIpc) is 2.99. The van der Waals surface area contributed by atoms with E-state index < -0.39 is 0 Å². The van der Waals surface area contributed by atoms with Crippen LogP contribution < -0.4 is 4.57 Å². The average molecular weight is 336 g/mol. The fourth-order valence-electron chi connectivity index (χ4n) is 3.58. The quantitative estimate of drug-likeness (QED) is 0.242. The summed E-state index contributed by atoms with van der Waals surface area (Å²) >= 11 is 0. The number of aromatic nitrogens is 2. The van der Waals surface area contributed by atoms with Crippen molar-refractivity contribution in [3.63, 3.8) is 0 Å². The molecule has 2 nitrogen and oxygen atoms in total. The SMILES string of the molecule is CCCCCCCCCCc1n(CCCCCCC)cc[n+]1CC. The summed E-state index contributed by atoms with van der Waals surface area (Å²) in [5, 5.41) is 0. The molecule has 0 spiro atoms. The summed E-state index contributed by atoms with van der Waals surface area (Å²) < 4.78 is 4.98. The van der Waals surface area contributed by atoms with Crippen LogP contribution in [0.4, 0.5) is 0 Å². The topological polar surface area (TPSA) is 8.81 Å². The number of hydrogen-bond donors (Lipinski definition) is 0. The van der Waals surface area contributed by atoms with Crippen LogP contribution in [-0.4, -0.2) is 4.57 Å². The molecule has 0 aliphatic rings. The van der Waals surface area contributed by atoms with E-state index in [1.54, 1.807) is 5.82 Å². The van der Waals surface area contributed by atoms with Gasteiger partial charge < -0.3 is 0 Å². The third kappa shape index (κ3) is 8.89. The molecule has 24 heavy (non-hydrogen) atoms. The lowest BCUT2D eigenvalue weighted by atomic mass is 10.1. The molecule has 1 aromatic rings. The summed E-state index contributed by atoms with van der Waals surface area (Å²) in [6.07, 6.45) is 24.0. The highest BCUT2D eigenvalue weighted by Crippen LogP contribution is 2.11. The summed E-state index contributed by atoms with van der Waals surface area (Å²) in [6.45, 7) is 9.17. The van der Waals surface area contributed by atoms with Crippen molar-refractivity contribution in [3.8, 4) is 0 Å². The standard InChI is InChI=1S/C22H43N2/c1-4-7-9-11-12-13-14-16-18-22-23(6-3)20-21-24(22)19-17-15-10-8-5-2/h20-21H,4-19H2,1-3H3/q+1. The van der Waals surface area contributed by atoms with Gasteiger partial charge in [0.1, 0.15) is 12.4 Å². The van der Waals surface area contributed by atoms with E-state index in [2.05, 4.69) is 42.3 Å². The first-order chi connectivity index (χ1) is 11.8. The Morgan fingerprint density at radius 2 is 1.25 bits per heavy atom. The first-order valence-electron chi connectivity index (χ1n) is 10.9. The van der Waals surface area contributed by atoms with Gasteiger partial charge in [-0.25, -0.2) is 9.13 Å². The highest BCUT2D eigenvalue weighted by Gasteiger charge is 2.15. The fourth-order valence-corrected chi connectivity index (χ4v) is 3.58. The van der Waals surface area contributed by atoms with Crippen molar-refractivity contribution < 1.29 is 4.57 Å². The molecule has 0 aromatic carbocycles. The smallest absolute Gasteiger partial charge is 0.235 e. The van der Waals surface area contributed by atoms with Crippen LogP contribution in [0.25, 0.3) is 0 Å². The molecule has 2 heteroatoms. The summed E-state index contributed by atoms with van der Waals surface area (Å²) in [5.74, 6) is 1.55. The molecule has 0 fully saturated rings. The first-order valence-corrected chi connectivity index (χ1v) is 10.9. The lowest BCUT2D eigenvalue weighted by Gasteiger charge is -2.05. The number of nitrogens with zero attached hydrogens (tertiary/aromatic N) is 2. The minimum absolute atomic E-state index is 1.11. The Hall–Kier alpha value is -0.790. The Kier molecular flexibility index (Phi) is 12.9. The minimum Gasteiger partial charge on any atom is -0.235 e. The number of imidazole rings is 1. The van der Waals surface area contributed by atoms with E-state index in [1.165, 1.54) is 96.4 Å². The molecule has 0 N–H and O–H groups in total.